The lowest BCUT2D eigenvalue weighted by atomic mass is 9.80. The van der Waals surface area contributed by atoms with E-state index in [9.17, 15) is 4.39 Å². The summed E-state index contributed by atoms with van der Waals surface area (Å²) < 4.78 is 19.3. The summed E-state index contributed by atoms with van der Waals surface area (Å²) >= 11 is 0. The summed E-state index contributed by atoms with van der Waals surface area (Å²) in [5.41, 5.74) is 8.31. The predicted octanol–water partition coefficient (Wildman–Crippen LogP) is 2.41. The van der Waals surface area contributed by atoms with Crippen LogP contribution in [0.3, 0.4) is 0 Å². The molecule has 2 rings (SSSR count). The van der Waals surface area contributed by atoms with Crippen molar-refractivity contribution in [2.45, 2.75) is 32.2 Å². The second kappa shape index (κ2) is 4.15. The lowest BCUT2D eigenvalue weighted by Gasteiger charge is -2.35. The molecule has 0 aliphatic carbocycles. The second-order valence-electron chi connectivity index (χ2n) is 4.71. The molecular formula is C13H18FNO. The Bertz CT molecular complexity index is 374. The first-order valence-electron chi connectivity index (χ1n) is 5.67. The fourth-order valence-corrected chi connectivity index (χ4v) is 2.53. The Hall–Kier alpha value is -0.930. The topological polar surface area (TPSA) is 35.2 Å². The Morgan fingerprint density at radius 3 is 2.44 bits per heavy atom. The molecule has 2 nitrogen and oxygen atoms in total. The standard InChI is InChI=1S/C13H18FNO/c1-9-7-10(2)12(11(14)8-9)13(15)3-5-16-6-4-13/h7-8H,3-6,15H2,1-2H3. The molecule has 1 heterocycles. The molecule has 0 amide bonds. The number of benzene rings is 1. The highest BCUT2D eigenvalue weighted by Gasteiger charge is 2.33. The molecule has 1 saturated heterocycles. The Morgan fingerprint density at radius 1 is 1.25 bits per heavy atom. The van der Waals surface area contributed by atoms with Crippen LogP contribution in [0.5, 0.6) is 0 Å². The zero-order chi connectivity index (χ0) is 11.8. The van der Waals surface area contributed by atoms with Gasteiger partial charge in [0.2, 0.25) is 0 Å². The fraction of sp³-hybridized carbons (Fsp3) is 0.538. The third kappa shape index (κ3) is 1.97. The zero-order valence-corrected chi connectivity index (χ0v) is 9.85. The van der Waals surface area contributed by atoms with Crippen molar-refractivity contribution in [2.24, 2.45) is 5.73 Å². The van der Waals surface area contributed by atoms with Crippen molar-refractivity contribution < 1.29 is 9.13 Å². The summed E-state index contributed by atoms with van der Waals surface area (Å²) in [6.07, 6.45) is 1.38. The molecule has 0 spiro atoms. The third-order valence-electron chi connectivity index (χ3n) is 3.31. The van der Waals surface area contributed by atoms with Gasteiger partial charge in [0, 0.05) is 24.3 Å². The van der Waals surface area contributed by atoms with Crippen LogP contribution >= 0.6 is 0 Å². The Kier molecular flexibility index (Phi) is 3.00. The average molecular weight is 223 g/mol. The largest absolute Gasteiger partial charge is 0.381 e. The normalized spacial score (nSPS) is 19.8. The second-order valence-corrected chi connectivity index (χ2v) is 4.71. The van der Waals surface area contributed by atoms with Crippen LogP contribution in [0.2, 0.25) is 0 Å². The molecule has 0 saturated carbocycles. The molecule has 1 aromatic rings. The van der Waals surface area contributed by atoms with Crippen LogP contribution in [0, 0.1) is 19.7 Å². The molecule has 0 aromatic heterocycles. The number of aryl methyl sites for hydroxylation is 2. The molecule has 0 unspecified atom stereocenters. The zero-order valence-electron chi connectivity index (χ0n) is 9.85. The SMILES string of the molecule is Cc1cc(C)c(C2(N)CCOCC2)c(F)c1. The summed E-state index contributed by atoms with van der Waals surface area (Å²) in [6, 6.07) is 3.55. The first-order valence-corrected chi connectivity index (χ1v) is 5.67. The number of ether oxygens (including phenoxy) is 1. The number of hydrogen-bond acceptors (Lipinski definition) is 2. The number of halogens is 1. The van der Waals surface area contributed by atoms with Crippen LogP contribution in [0.4, 0.5) is 4.39 Å². The molecular weight excluding hydrogens is 205 g/mol. The van der Waals surface area contributed by atoms with Gasteiger partial charge in [-0.25, -0.2) is 4.39 Å². The van der Waals surface area contributed by atoms with Crippen LogP contribution in [0.1, 0.15) is 29.5 Å². The van der Waals surface area contributed by atoms with Gasteiger partial charge in [0.1, 0.15) is 5.82 Å². The molecule has 88 valence electrons. The van der Waals surface area contributed by atoms with E-state index >= 15 is 0 Å². The van der Waals surface area contributed by atoms with E-state index in [-0.39, 0.29) is 5.82 Å². The molecule has 1 aliphatic heterocycles. The van der Waals surface area contributed by atoms with E-state index in [0.717, 1.165) is 11.1 Å². The Labute approximate surface area is 95.6 Å². The summed E-state index contributed by atoms with van der Waals surface area (Å²) in [5.74, 6) is -0.179. The van der Waals surface area contributed by atoms with Gasteiger partial charge in [0.25, 0.3) is 0 Å². The van der Waals surface area contributed by atoms with E-state index in [2.05, 4.69) is 0 Å². The van der Waals surface area contributed by atoms with Crippen LogP contribution in [-0.4, -0.2) is 13.2 Å². The first-order chi connectivity index (χ1) is 7.53. The van der Waals surface area contributed by atoms with Crippen LogP contribution in [-0.2, 0) is 10.3 Å². The van der Waals surface area contributed by atoms with Gasteiger partial charge < -0.3 is 10.5 Å². The van der Waals surface area contributed by atoms with Gasteiger partial charge in [-0.1, -0.05) is 6.07 Å². The fourth-order valence-electron chi connectivity index (χ4n) is 2.53. The maximum Gasteiger partial charge on any atom is 0.128 e. The van der Waals surface area contributed by atoms with Crippen LogP contribution < -0.4 is 5.73 Å². The van der Waals surface area contributed by atoms with Gasteiger partial charge >= 0.3 is 0 Å². The van der Waals surface area contributed by atoms with Gasteiger partial charge in [0.05, 0.1) is 0 Å². The summed E-state index contributed by atoms with van der Waals surface area (Å²) in [4.78, 5) is 0. The highest BCUT2D eigenvalue weighted by atomic mass is 19.1. The van der Waals surface area contributed by atoms with E-state index in [1.807, 2.05) is 19.9 Å². The van der Waals surface area contributed by atoms with Crippen molar-refractivity contribution in [3.8, 4) is 0 Å². The van der Waals surface area contributed by atoms with Crippen molar-refractivity contribution >= 4 is 0 Å². The molecule has 16 heavy (non-hydrogen) atoms. The molecule has 1 aliphatic rings. The van der Waals surface area contributed by atoms with Gasteiger partial charge in [-0.3, -0.25) is 0 Å². The molecule has 3 heteroatoms. The van der Waals surface area contributed by atoms with E-state index in [0.29, 0.717) is 31.6 Å². The minimum absolute atomic E-state index is 0.179. The van der Waals surface area contributed by atoms with Crippen molar-refractivity contribution in [2.75, 3.05) is 13.2 Å². The minimum Gasteiger partial charge on any atom is -0.381 e. The van der Waals surface area contributed by atoms with E-state index in [4.69, 9.17) is 10.5 Å². The van der Waals surface area contributed by atoms with Gasteiger partial charge in [0.15, 0.2) is 0 Å². The van der Waals surface area contributed by atoms with Crippen LogP contribution in [0.25, 0.3) is 0 Å². The smallest absolute Gasteiger partial charge is 0.128 e. The summed E-state index contributed by atoms with van der Waals surface area (Å²) in [6.45, 7) is 5.05. The van der Waals surface area contributed by atoms with Crippen molar-refractivity contribution in [3.63, 3.8) is 0 Å². The summed E-state index contributed by atoms with van der Waals surface area (Å²) in [5, 5.41) is 0. The lowest BCUT2D eigenvalue weighted by Crippen LogP contribution is -2.43. The molecule has 0 bridgehead atoms. The van der Waals surface area contributed by atoms with E-state index in [1.54, 1.807) is 6.07 Å². The lowest BCUT2D eigenvalue weighted by molar-refractivity contribution is 0.0508. The van der Waals surface area contributed by atoms with E-state index < -0.39 is 5.54 Å². The molecule has 0 atom stereocenters. The van der Waals surface area contributed by atoms with Crippen molar-refractivity contribution in [1.82, 2.24) is 0 Å². The quantitative estimate of drug-likeness (QED) is 0.793. The van der Waals surface area contributed by atoms with E-state index in [1.165, 1.54) is 0 Å². The maximum absolute atomic E-state index is 14.0. The van der Waals surface area contributed by atoms with Gasteiger partial charge in [-0.05, 0) is 43.9 Å². The predicted molar refractivity (Wildman–Crippen MR) is 61.8 cm³/mol. The average Bonchev–Trinajstić information content (AvgIpc) is 2.16. The highest BCUT2D eigenvalue weighted by molar-refractivity contribution is 5.37. The highest BCUT2D eigenvalue weighted by Crippen LogP contribution is 2.33. The monoisotopic (exact) mass is 223 g/mol. The number of rotatable bonds is 1. The van der Waals surface area contributed by atoms with Gasteiger partial charge in [-0.2, -0.15) is 0 Å². The molecule has 0 radical (unpaired) electrons. The van der Waals surface area contributed by atoms with Crippen molar-refractivity contribution in [1.29, 1.82) is 0 Å². The third-order valence-corrected chi connectivity index (χ3v) is 3.31. The van der Waals surface area contributed by atoms with Crippen molar-refractivity contribution in [3.05, 3.63) is 34.6 Å². The molecule has 1 aromatic carbocycles. The Morgan fingerprint density at radius 2 is 1.88 bits per heavy atom. The molecule has 1 fully saturated rings. The Balaban J connectivity index is 2.46. The van der Waals surface area contributed by atoms with Gasteiger partial charge in [-0.15, -0.1) is 0 Å². The molecule has 2 N–H and O–H groups in total. The van der Waals surface area contributed by atoms with Crippen LogP contribution in [0.15, 0.2) is 12.1 Å². The minimum atomic E-state index is -0.555. The summed E-state index contributed by atoms with van der Waals surface area (Å²) in [7, 11) is 0. The first kappa shape index (κ1) is 11.6. The maximum atomic E-state index is 14.0. The number of nitrogens with two attached hydrogens (primary N) is 1. The number of hydrogen-bond donors (Lipinski definition) is 1.